The molecule has 3 aromatic rings. The number of nitrogens with one attached hydrogen (secondary N) is 1. The third-order valence-corrected chi connectivity index (χ3v) is 4.07. The largest absolute Gasteiger partial charge is 0.469 e. The quantitative estimate of drug-likeness (QED) is 0.565. The van der Waals surface area contributed by atoms with Gasteiger partial charge in [-0.1, -0.05) is 23.2 Å². The van der Waals surface area contributed by atoms with Crippen molar-refractivity contribution in [1.29, 1.82) is 0 Å². The molecule has 5 nitrogen and oxygen atoms in total. The first-order valence-electron chi connectivity index (χ1n) is 7.02. The summed E-state index contributed by atoms with van der Waals surface area (Å²) in [4.78, 5) is 31.6. The number of hydrogen-bond donors (Lipinski definition) is 1. The van der Waals surface area contributed by atoms with Crippen molar-refractivity contribution in [2.45, 2.75) is 6.42 Å². The van der Waals surface area contributed by atoms with E-state index in [4.69, 9.17) is 27.9 Å². The Labute approximate surface area is 147 Å². The highest BCUT2D eigenvalue weighted by atomic mass is 35.5. The van der Waals surface area contributed by atoms with Crippen LogP contribution in [0.15, 0.2) is 36.5 Å². The monoisotopic (exact) mass is 362 g/mol. The Hall–Kier alpha value is -2.37. The highest BCUT2D eigenvalue weighted by Gasteiger charge is 2.22. The van der Waals surface area contributed by atoms with E-state index in [1.54, 1.807) is 24.3 Å². The number of carbonyl (C=O) groups is 2. The van der Waals surface area contributed by atoms with Gasteiger partial charge in [0, 0.05) is 32.7 Å². The van der Waals surface area contributed by atoms with Crippen molar-refractivity contribution >= 4 is 45.9 Å². The Morgan fingerprint density at radius 3 is 2.62 bits per heavy atom. The van der Waals surface area contributed by atoms with Crippen LogP contribution in [0.3, 0.4) is 0 Å². The first-order valence-corrected chi connectivity index (χ1v) is 7.78. The summed E-state index contributed by atoms with van der Waals surface area (Å²) in [5, 5.41) is 1.60. The summed E-state index contributed by atoms with van der Waals surface area (Å²) in [6.07, 6.45) is 1.40. The topological polar surface area (TPSA) is 72.1 Å². The molecule has 122 valence electrons. The molecule has 3 rings (SSSR count). The first-order chi connectivity index (χ1) is 11.5. The van der Waals surface area contributed by atoms with Gasteiger partial charge in [-0.2, -0.15) is 0 Å². The molecule has 0 fully saturated rings. The third kappa shape index (κ3) is 3.13. The van der Waals surface area contributed by atoms with Crippen LogP contribution in [0.4, 0.5) is 0 Å². The molecule has 1 N–H and O–H groups in total. The maximum atomic E-state index is 12.8. The Bertz CT molecular complexity index is 950. The molecule has 0 spiro atoms. The highest BCUT2D eigenvalue weighted by molar-refractivity contribution is 6.31. The molecule has 0 atom stereocenters. The summed E-state index contributed by atoms with van der Waals surface area (Å²) in [6.45, 7) is 0. The van der Waals surface area contributed by atoms with Gasteiger partial charge in [0.25, 0.3) is 0 Å². The second-order valence-electron chi connectivity index (χ2n) is 5.11. The molecule has 2 aromatic heterocycles. The van der Waals surface area contributed by atoms with Crippen LogP contribution in [0.25, 0.3) is 10.9 Å². The van der Waals surface area contributed by atoms with Crippen LogP contribution in [0.1, 0.15) is 21.7 Å². The number of ketones is 1. The van der Waals surface area contributed by atoms with Crippen LogP contribution in [0.2, 0.25) is 10.0 Å². The summed E-state index contributed by atoms with van der Waals surface area (Å²) < 4.78 is 4.73. The second kappa shape index (κ2) is 6.63. The zero-order chi connectivity index (χ0) is 17.3. The standard InChI is InChI=1S/C17H12Cl2N2O3/c1-24-15(22)8-12-11-6-9(18)2-3-13(11)21-16(12)17(23)14-7-10(19)4-5-20-14/h2-7,21H,8H2,1H3. The fourth-order valence-corrected chi connectivity index (χ4v) is 2.80. The van der Waals surface area contributed by atoms with E-state index in [0.29, 0.717) is 26.5 Å². The number of fused-ring (bicyclic) bond motifs is 1. The van der Waals surface area contributed by atoms with Gasteiger partial charge in [-0.15, -0.1) is 0 Å². The van der Waals surface area contributed by atoms with Crippen molar-refractivity contribution in [1.82, 2.24) is 9.97 Å². The number of H-pyrrole nitrogens is 1. The molecule has 0 aliphatic rings. The number of ether oxygens (including phenoxy) is 1. The number of halogens is 2. The Kier molecular flexibility index (Phi) is 4.55. The molecule has 0 saturated heterocycles. The lowest BCUT2D eigenvalue weighted by Crippen LogP contribution is -2.11. The summed E-state index contributed by atoms with van der Waals surface area (Å²) >= 11 is 12.0. The van der Waals surface area contributed by atoms with E-state index in [0.717, 1.165) is 0 Å². The van der Waals surface area contributed by atoms with Gasteiger partial charge in [0.2, 0.25) is 5.78 Å². The number of methoxy groups -OCH3 is 1. The second-order valence-corrected chi connectivity index (χ2v) is 5.98. The Balaban J connectivity index is 2.17. The van der Waals surface area contributed by atoms with E-state index in [1.807, 2.05) is 0 Å². The van der Waals surface area contributed by atoms with Crippen LogP contribution in [-0.2, 0) is 16.0 Å². The molecule has 2 heterocycles. The smallest absolute Gasteiger partial charge is 0.310 e. The number of benzene rings is 1. The first kappa shape index (κ1) is 16.5. The van der Waals surface area contributed by atoms with Crippen molar-refractivity contribution in [2.75, 3.05) is 7.11 Å². The average Bonchev–Trinajstić information content (AvgIpc) is 2.92. The normalized spacial score (nSPS) is 10.8. The molecule has 7 heteroatoms. The van der Waals surface area contributed by atoms with Gasteiger partial charge in [0.15, 0.2) is 0 Å². The van der Waals surface area contributed by atoms with E-state index in [9.17, 15) is 9.59 Å². The molecule has 1 aromatic carbocycles. The number of carbonyl (C=O) groups excluding carboxylic acids is 2. The summed E-state index contributed by atoms with van der Waals surface area (Å²) in [5.41, 5.74) is 1.67. The van der Waals surface area contributed by atoms with E-state index in [-0.39, 0.29) is 23.6 Å². The van der Waals surface area contributed by atoms with Crippen LogP contribution in [-0.4, -0.2) is 28.8 Å². The van der Waals surface area contributed by atoms with Gasteiger partial charge < -0.3 is 9.72 Å². The minimum Gasteiger partial charge on any atom is -0.469 e. The molecule has 0 aliphatic carbocycles. The van der Waals surface area contributed by atoms with Gasteiger partial charge in [0.1, 0.15) is 5.69 Å². The minimum atomic E-state index is -0.455. The van der Waals surface area contributed by atoms with Gasteiger partial charge in [0.05, 0.1) is 19.2 Å². The van der Waals surface area contributed by atoms with Crippen molar-refractivity contribution in [3.05, 3.63) is 63.5 Å². The zero-order valence-electron chi connectivity index (χ0n) is 12.6. The number of esters is 1. The van der Waals surface area contributed by atoms with Crippen molar-refractivity contribution < 1.29 is 14.3 Å². The van der Waals surface area contributed by atoms with Crippen LogP contribution in [0, 0.1) is 0 Å². The lowest BCUT2D eigenvalue weighted by Gasteiger charge is -2.04. The van der Waals surface area contributed by atoms with Crippen LogP contribution in [0.5, 0.6) is 0 Å². The predicted molar refractivity (Wildman–Crippen MR) is 91.7 cm³/mol. The Morgan fingerprint density at radius 2 is 1.92 bits per heavy atom. The van der Waals surface area contributed by atoms with Gasteiger partial charge in [-0.05, 0) is 30.3 Å². The highest BCUT2D eigenvalue weighted by Crippen LogP contribution is 2.28. The molecule has 0 bridgehead atoms. The minimum absolute atomic E-state index is 0.0571. The molecule has 0 aliphatic heterocycles. The van der Waals surface area contributed by atoms with Crippen LogP contribution >= 0.6 is 23.2 Å². The molecule has 0 unspecified atom stereocenters. The average molecular weight is 363 g/mol. The summed E-state index contributed by atoms with van der Waals surface area (Å²) in [5.74, 6) is -0.812. The summed E-state index contributed by atoms with van der Waals surface area (Å²) in [6, 6.07) is 8.21. The van der Waals surface area contributed by atoms with Gasteiger partial charge in [-0.3, -0.25) is 14.6 Å². The number of aromatic nitrogens is 2. The van der Waals surface area contributed by atoms with Crippen molar-refractivity contribution in [3.8, 4) is 0 Å². The molecular weight excluding hydrogens is 351 g/mol. The molecule has 0 amide bonds. The lowest BCUT2D eigenvalue weighted by atomic mass is 10.0. The maximum Gasteiger partial charge on any atom is 0.310 e. The summed E-state index contributed by atoms with van der Waals surface area (Å²) in [7, 11) is 1.30. The van der Waals surface area contributed by atoms with E-state index < -0.39 is 5.97 Å². The molecule has 0 saturated carbocycles. The van der Waals surface area contributed by atoms with Gasteiger partial charge >= 0.3 is 5.97 Å². The maximum absolute atomic E-state index is 12.8. The number of rotatable bonds is 4. The number of hydrogen-bond acceptors (Lipinski definition) is 4. The Morgan fingerprint density at radius 1 is 1.17 bits per heavy atom. The fourth-order valence-electron chi connectivity index (χ4n) is 2.47. The predicted octanol–water partition coefficient (Wildman–Crippen LogP) is 3.82. The van der Waals surface area contributed by atoms with E-state index in [2.05, 4.69) is 9.97 Å². The third-order valence-electron chi connectivity index (χ3n) is 3.60. The molecule has 24 heavy (non-hydrogen) atoms. The number of aromatic amines is 1. The van der Waals surface area contributed by atoms with E-state index in [1.165, 1.54) is 19.4 Å². The van der Waals surface area contributed by atoms with Crippen molar-refractivity contribution in [2.24, 2.45) is 0 Å². The molecule has 0 radical (unpaired) electrons. The lowest BCUT2D eigenvalue weighted by molar-refractivity contribution is -0.139. The van der Waals surface area contributed by atoms with E-state index >= 15 is 0 Å². The molecular formula is C17H12Cl2N2O3. The fraction of sp³-hybridized carbons (Fsp3) is 0.118. The van der Waals surface area contributed by atoms with Crippen LogP contribution < -0.4 is 0 Å². The SMILES string of the molecule is COC(=O)Cc1c(C(=O)c2cc(Cl)ccn2)[nH]c2ccc(Cl)cc12. The number of nitrogens with zero attached hydrogens (tertiary/aromatic N) is 1. The van der Waals surface area contributed by atoms with Gasteiger partial charge in [-0.25, -0.2) is 0 Å². The number of pyridine rings is 1. The van der Waals surface area contributed by atoms with Crippen molar-refractivity contribution in [3.63, 3.8) is 0 Å². The zero-order valence-corrected chi connectivity index (χ0v) is 14.1.